The minimum absolute atomic E-state index is 0.128. The van der Waals surface area contributed by atoms with Gasteiger partial charge in [0.05, 0.1) is 12.0 Å². The van der Waals surface area contributed by atoms with Crippen LogP contribution in [-0.4, -0.2) is 39.0 Å². The van der Waals surface area contributed by atoms with Crippen molar-refractivity contribution in [2.75, 3.05) is 21.8 Å². The molecule has 2 aromatic carbocycles. The SMILES string of the molecule is CC(=O)Nc1cccc(NC(=O)CSc2n[nH]c(N/N=C/c3cccc(Br)c3)n2)c1. The van der Waals surface area contributed by atoms with Gasteiger partial charge in [0.1, 0.15) is 0 Å². The molecule has 3 aromatic rings. The van der Waals surface area contributed by atoms with Crippen molar-refractivity contribution in [3.63, 3.8) is 0 Å². The summed E-state index contributed by atoms with van der Waals surface area (Å²) in [5, 5.41) is 16.7. The first kappa shape index (κ1) is 21.5. The van der Waals surface area contributed by atoms with Gasteiger partial charge < -0.3 is 10.6 Å². The van der Waals surface area contributed by atoms with Gasteiger partial charge in [-0.3, -0.25) is 9.59 Å². The number of hydrazone groups is 1. The molecule has 0 aliphatic rings. The molecular weight excluding hydrogens is 470 g/mol. The maximum atomic E-state index is 12.2. The molecule has 2 amide bonds. The van der Waals surface area contributed by atoms with E-state index in [-0.39, 0.29) is 17.6 Å². The molecule has 0 bridgehead atoms. The number of thioether (sulfide) groups is 1. The second kappa shape index (κ2) is 10.6. The number of aromatic amines is 1. The monoisotopic (exact) mass is 487 g/mol. The molecule has 0 fully saturated rings. The van der Waals surface area contributed by atoms with Crippen LogP contribution in [0.5, 0.6) is 0 Å². The van der Waals surface area contributed by atoms with Crippen LogP contribution in [0.25, 0.3) is 0 Å². The zero-order chi connectivity index (χ0) is 21.3. The summed E-state index contributed by atoms with van der Waals surface area (Å²) in [6.07, 6.45) is 1.66. The van der Waals surface area contributed by atoms with Crippen molar-refractivity contribution in [2.45, 2.75) is 12.1 Å². The lowest BCUT2D eigenvalue weighted by molar-refractivity contribution is -0.114. The predicted octanol–water partition coefficient (Wildman–Crippen LogP) is 3.70. The number of carbonyl (C=O) groups excluding carboxylic acids is 2. The lowest BCUT2D eigenvalue weighted by Crippen LogP contribution is -2.14. The summed E-state index contributed by atoms with van der Waals surface area (Å²) in [6.45, 7) is 1.42. The van der Waals surface area contributed by atoms with Crippen LogP contribution in [0.4, 0.5) is 17.3 Å². The average molecular weight is 488 g/mol. The van der Waals surface area contributed by atoms with Crippen LogP contribution < -0.4 is 16.1 Å². The van der Waals surface area contributed by atoms with Crippen molar-refractivity contribution in [3.8, 4) is 0 Å². The average Bonchev–Trinajstić information content (AvgIpc) is 3.14. The van der Waals surface area contributed by atoms with Crippen LogP contribution >= 0.6 is 27.7 Å². The third-order valence-electron chi connectivity index (χ3n) is 3.50. The summed E-state index contributed by atoms with van der Waals surface area (Å²) in [4.78, 5) is 27.5. The van der Waals surface area contributed by atoms with Gasteiger partial charge in [-0.1, -0.05) is 45.9 Å². The molecule has 3 rings (SSSR count). The molecule has 0 atom stereocenters. The maximum Gasteiger partial charge on any atom is 0.240 e. The number of hydrogen-bond acceptors (Lipinski definition) is 7. The van der Waals surface area contributed by atoms with Crippen LogP contribution in [0.15, 0.2) is 63.3 Å². The van der Waals surface area contributed by atoms with E-state index in [0.29, 0.717) is 22.5 Å². The zero-order valence-electron chi connectivity index (χ0n) is 15.8. The molecule has 0 aliphatic carbocycles. The van der Waals surface area contributed by atoms with Gasteiger partial charge in [-0.15, -0.1) is 5.10 Å². The second-order valence-electron chi connectivity index (χ2n) is 5.99. The highest BCUT2D eigenvalue weighted by Gasteiger charge is 2.08. The summed E-state index contributed by atoms with van der Waals surface area (Å²) in [5.74, 6) is 0.103. The van der Waals surface area contributed by atoms with Crippen molar-refractivity contribution < 1.29 is 9.59 Å². The number of halogens is 1. The largest absolute Gasteiger partial charge is 0.326 e. The molecule has 0 saturated carbocycles. The first-order valence-electron chi connectivity index (χ1n) is 8.75. The van der Waals surface area contributed by atoms with Crippen LogP contribution in [-0.2, 0) is 9.59 Å². The van der Waals surface area contributed by atoms with E-state index in [4.69, 9.17) is 0 Å². The van der Waals surface area contributed by atoms with Crippen LogP contribution in [0.1, 0.15) is 12.5 Å². The van der Waals surface area contributed by atoms with Crippen molar-refractivity contribution in [1.82, 2.24) is 15.2 Å². The van der Waals surface area contributed by atoms with E-state index in [0.717, 1.165) is 10.0 Å². The third-order valence-corrected chi connectivity index (χ3v) is 4.84. The molecule has 0 radical (unpaired) electrons. The molecule has 154 valence electrons. The molecule has 0 saturated heterocycles. The van der Waals surface area contributed by atoms with Gasteiger partial charge in [-0.25, -0.2) is 10.5 Å². The highest BCUT2D eigenvalue weighted by molar-refractivity contribution is 9.10. The number of anilines is 3. The van der Waals surface area contributed by atoms with E-state index in [1.54, 1.807) is 30.5 Å². The molecule has 11 heteroatoms. The van der Waals surface area contributed by atoms with E-state index in [9.17, 15) is 9.59 Å². The fourth-order valence-corrected chi connectivity index (χ4v) is 3.34. The van der Waals surface area contributed by atoms with Crippen molar-refractivity contribution in [2.24, 2.45) is 5.10 Å². The third kappa shape index (κ3) is 7.01. The Hall–Kier alpha value is -3.18. The molecule has 4 N–H and O–H groups in total. The molecule has 0 aliphatic heterocycles. The van der Waals surface area contributed by atoms with Crippen LogP contribution in [0.2, 0.25) is 0 Å². The number of carbonyl (C=O) groups is 2. The van der Waals surface area contributed by atoms with Crippen molar-refractivity contribution in [1.29, 1.82) is 0 Å². The lowest BCUT2D eigenvalue weighted by atomic mass is 10.2. The molecule has 1 aromatic heterocycles. The Labute approximate surface area is 185 Å². The number of amides is 2. The molecule has 0 unspecified atom stereocenters. The second-order valence-corrected chi connectivity index (χ2v) is 7.85. The standard InChI is InChI=1S/C19H18BrN7O2S/c1-12(28)22-15-6-3-7-16(9-15)23-17(29)11-30-19-24-18(26-27-19)25-21-10-13-4-2-5-14(20)8-13/h2-10H,11H2,1H3,(H,22,28)(H,23,29)(H2,24,25,26,27)/b21-10+. The number of nitrogens with one attached hydrogen (secondary N) is 4. The fraction of sp³-hybridized carbons (Fsp3) is 0.105. The summed E-state index contributed by atoms with van der Waals surface area (Å²) >= 11 is 4.58. The number of nitrogens with zero attached hydrogens (tertiary/aromatic N) is 3. The maximum absolute atomic E-state index is 12.2. The Morgan fingerprint density at radius 2 is 1.93 bits per heavy atom. The Bertz CT molecular complexity index is 1070. The minimum Gasteiger partial charge on any atom is -0.326 e. The number of rotatable bonds is 8. The molecular formula is C19H18BrN7O2S. The van der Waals surface area contributed by atoms with E-state index >= 15 is 0 Å². The van der Waals surface area contributed by atoms with Gasteiger partial charge in [0, 0.05) is 22.8 Å². The molecule has 1 heterocycles. The first-order chi connectivity index (χ1) is 14.5. The van der Waals surface area contributed by atoms with E-state index in [1.807, 2.05) is 24.3 Å². The first-order valence-corrected chi connectivity index (χ1v) is 10.5. The fourth-order valence-electron chi connectivity index (χ4n) is 2.32. The van der Waals surface area contributed by atoms with E-state index in [1.165, 1.54) is 18.7 Å². The number of aromatic nitrogens is 3. The van der Waals surface area contributed by atoms with Gasteiger partial charge in [-0.05, 0) is 35.9 Å². The van der Waals surface area contributed by atoms with Gasteiger partial charge in [0.2, 0.25) is 22.9 Å². The van der Waals surface area contributed by atoms with Gasteiger partial charge >= 0.3 is 0 Å². The Morgan fingerprint density at radius 3 is 2.70 bits per heavy atom. The Balaban J connectivity index is 1.47. The summed E-state index contributed by atoms with van der Waals surface area (Å²) in [5.41, 5.74) is 4.88. The highest BCUT2D eigenvalue weighted by atomic mass is 79.9. The Kier molecular flexibility index (Phi) is 7.57. The van der Waals surface area contributed by atoms with E-state index in [2.05, 4.69) is 52.3 Å². The smallest absolute Gasteiger partial charge is 0.240 e. The van der Waals surface area contributed by atoms with Crippen LogP contribution in [0, 0.1) is 0 Å². The zero-order valence-corrected chi connectivity index (χ0v) is 18.3. The van der Waals surface area contributed by atoms with Gasteiger partial charge in [0.15, 0.2) is 0 Å². The normalized spacial score (nSPS) is 10.7. The lowest BCUT2D eigenvalue weighted by Gasteiger charge is -2.07. The number of H-pyrrole nitrogens is 1. The van der Waals surface area contributed by atoms with Crippen molar-refractivity contribution in [3.05, 3.63) is 58.6 Å². The number of hydrogen-bond donors (Lipinski definition) is 4. The van der Waals surface area contributed by atoms with Gasteiger partial charge in [0.25, 0.3) is 0 Å². The van der Waals surface area contributed by atoms with Crippen molar-refractivity contribution >= 4 is 63.0 Å². The summed E-state index contributed by atoms with van der Waals surface area (Å²) < 4.78 is 0.963. The Morgan fingerprint density at radius 1 is 1.17 bits per heavy atom. The van der Waals surface area contributed by atoms with Gasteiger partial charge in [-0.2, -0.15) is 10.1 Å². The molecule has 0 spiro atoms. The molecule has 9 nitrogen and oxygen atoms in total. The topological polar surface area (TPSA) is 124 Å². The molecule has 30 heavy (non-hydrogen) atoms. The summed E-state index contributed by atoms with van der Waals surface area (Å²) in [6, 6.07) is 14.6. The van der Waals surface area contributed by atoms with Crippen LogP contribution in [0.3, 0.4) is 0 Å². The minimum atomic E-state index is -0.216. The predicted molar refractivity (Wildman–Crippen MR) is 122 cm³/mol. The highest BCUT2D eigenvalue weighted by Crippen LogP contribution is 2.17. The summed E-state index contributed by atoms with van der Waals surface area (Å²) in [7, 11) is 0. The quantitative estimate of drug-likeness (QED) is 0.218. The number of benzene rings is 2. The van der Waals surface area contributed by atoms with E-state index < -0.39 is 0 Å².